The van der Waals surface area contributed by atoms with Crippen molar-refractivity contribution in [1.82, 2.24) is 10.2 Å². The Kier molecular flexibility index (Phi) is 3.64. The first kappa shape index (κ1) is 10.7. The normalized spacial score (nSPS) is 9.64. The van der Waals surface area contributed by atoms with Gasteiger partial charge < -0.3 is 10.1 Å². The molecule has 0 aliphatic rings. The first-order valence-corrected chi connectivity index (χ1v) is 4.45. The van der Waals surface area contributed by atoms with E-state index in [0.29, 0.717) is 12.3 Å². The van der Waals surface area contributed by atoms with Crippen LogP contribution in [0.2, 0.25) is 5.15 Å². The number of aromatic nitrogens is 2. The minimum Gasteiger partial charge on any atom is -0.461 e. The summed E-state index contributed by atoms with van der Waals surface area (Å²) in [6.07, 6.45) is 0. The molecule has 0 fully saturated rings. The molecule has 1 aromatic rings. The summed E-state index contributed by atoms with van der Waals surface area (Å²) in [6.45, 7) is 2.02. The van der Waals surface area contributed by atoms with E-state index in [-0.39, 0.29) is 10.8 Å². The molecule has 0 amide bonds. The third-order valence-electron chi connectivity index (χ3n) is 1.50. The van der Waals surface area contributed by atoms with E-state index in [1.165, 1.54) is 6.07 Å². The van der Waals surface area contributed by atoms with Crippen molar-refractivity contribution in [3.63, 3.8) is 0 Å². The highest BCUT2D eigenvalue weighted by Crippen LogP contribution is 2.16. The molecule has 0 aliphatic heterocycles. The van der Waals surface area contributed by atoms with Crippen molar-refractivity contribution in [3.05, 3.63) is 16.9 Å². The van der Waals surface area contributed by atoms with Gasteiger partial charge in [0.05, 0.1) is 12.3 Å². The Morgan fingerprint density at radius 3 is 2.93 bits per heavy atom. The maximum absolute atomic E-state index is 11.3. The van der Waals surface area contributed by atoms with Gasteiger partial charge in [0.15, 0.2) is 10.8 Å². The van der Waals surface area contributed by atoms with E-state index in [9.17, 15) is 4.79 Å². The van der Waals surface area contributed by atoms with Crippen molar-refractivity contribution in [1.29, 1.82) is 0 Å². The van der Waals surface area contributed by atoms with E-state index in [2.05, 4.69) is 15.5 Å². The molecule has 0 bridgehead atoms. The van der Waals surface area contributed by atoms with E-state index in [1.54, 1.807) is 14.0 Å². The molecule has 1 heterocycles. The summed E-state index contributed by atoms with van der Waals surface area (Å²) in [7, 11) is 1.66. The quantitative estimate of drug-likeness (QED) is 0.771. The highest BCUT2D eigenvalue weighted by atomic mass is 35.5. The molecule has 0 aliphatic carbocycles. The van der Waals surface area contributed by atoms with E-state index < -0.39 is 5.97 Å². The van der Waals surface area contributed by atoms with Crippen LogP contribution in [0.5, 0.6) is 0 Å². The van der Waals surface area contributed by atoms with Crippen molar-refractivity contribution in [2.75, 3.05) is 19.0 Å². The molecular weight excluding hydrogens is 206 g/mol. The van der Waals surface area contributed by atoms with Gasteiger partial charge in [0.25, 0.3) is 0 Å². The summed E-state index contributed by atoms with van der Waals surface area (Å²) < 4.78 is 4.79. The lowest BCUT2D eigenvalue weighted by Crippen LogP contribution is -2.11. The minimum absolute atomic E-state index is 0.138. The van der Waals surface area contributed by atoms with Gasteiger partial charge in [0.1, 0.15) is 0 Å². The lowest BCUT2D eigenvalue weighted by atomic mass is 10.3. The molecule has 14 heavy (non-hydrogen) atoms. The summed E-state index contributed by atoms with van der Waals surface area (Å²) >= 11 is 5.61. The number of nitrogens with zero attached hydrogens (tertiary/aromatic N) is 2. The molecule has 0 atom stereocenters. The molecule has 6 heteroatoms. The van der Waals surface area contributed by atoms with Crippen LogP contribution in [0.3, 0.4) is 0 Å². The average Bonchev–Trinajstić information content (AvgIpc) is 2.17. The number of halogens is 1. The Hall–Kier alpha value is -1.36. The van der Waals surface area contributed by atoms with Crippen LogP contribution in [0.25, 0.3) is 0 Å². The van der Waals surface area contributed by atoms with E-state index in [1.807, 2.05) is 0 Å². The topological polar surface area (TPSA) is 64.1 Å². The average molecular weight is 216 g/mol. The third kappa shape index (κ3) is 2.32. The van der Waals surface area contributed by atoms with E-state index in [0.717, 1.165) is 0 Å². The molecule has 1 N–H and O–H groups in total. The fourth-order valence-electron chi connectivity index (χ4n) is 0.909. The maximum atomic E-state index is 11.3. The second kappa shape index (κ2) is 4.76. The van der Waals surface area contributed by atoms with E-state index >= 15 is 0 Å². The summed E-state index contributed by atoms with van der Waals surface area (Å²) in [5.41, 5.74) is 0.641. The number of ether oxygens (including phenoxy) is 1. The molecule has 0 saturated carbocycles. The lowest BCUT2D eigenvalue weighted by molar-refractivity contribution is 0.0519. The molecule has 76 valence electrons. The van der Waals surface area contributed by atoms with Crippen LogP contribution < -0.4 is 5.32 Å². The molecule has 5 nitrogen and oxygen atoms in total. The fraction of sp³-hybridized carbons (Fsp3) is 0.375. The molecule has 0 spiro atoms. The monoisotopic (exact) mass is 215 g/mol. The van der Waals surface area contributed by atoms with Gasteiger partial charge in [-0.3, -0.25) is 0 Å². The largest absolute Gasteiger partial charge is 0.461 e. The zero-order valence-electron chi connectivity index (χ0n) is 7.87. The molecule has 1 rings (SSSR count). The second-order valence-electron chi connectivity index (χ2n) is 2.40. The van der Waals surface area contributed by atoms with Crippen LogP contribution in [-0.2, 0) is 4.74 Å². The smallest absolute Gasteiger partial charge is 0.361 e. The summed E-state index contributed by atoms with van der Waals surface area (Å²) in [5, 5.41) is 10.2. The Bertz CT molecular complexity index is 343. The zero-order chi connectivity index (χ0) is 10.6. The van der Waals surface area contributed by atoms with Crippen LogP contribution in [0.1, 0.15) is 17.4 Å². The predicted octanol–water partition coefficient (Wildman–Crippen LogP) is 1.35. The molecule has 0 unspecified atom stereocenters. The highest BCUT2D eigenvalue weighted by Gasteiger charge is 2.14. The molecule has 1 aromatic heterocycles. The zero-order valence-corrected chi connectivity index (χ0v) is 8.63. The number of anilines is 1. The third-order valence-corrected chi connectivity index (χ3v) is 1.69. The number of nitrogens with one attached hydrogen (secondary N) is 1. The summed E-state index contributed by atoms with van der Waals surface area (Å²) in [4.78, 5) is 11.3. The Morgan fingerprint density at radius 1 is 1.64 bits per heavy atom. The number of carbonyl (C=O) groups is 1. The van der Waals surface area contributed by atoms with Crippen molar-refractivity contribution in [2.24, 2.45) is 0 Å². The van der Waals surface area contributed by atoms with Crippen LogP contribution in [0.4, 0.5) is 5.69 Å². The Morgan fingerprint density at radius 2 is 2.36 bits per heavy atom. The van der Waals surface area contributed by atoms with Gasteiger partial charge in [0.2, 0.25) is 0 Å². The van der Waals surface area contributed by atoms with Gasteiger partial charge in [-0.25, -0.2) is 4.79 Å². The van der Waals surface area contributed by atoms with Crippen molar-refractivity contribution >= 4 is 23.3 Å². The number of hydrogen-bond acceptors (Lipinski definition) is 5. The number of rotatable bonds is 3. The summed E-state index contributed by atoms with van der Waals surface area (Å²) in [6, 6.07) is 1.51. The van der Waals surface area contributed by atoms with Crippen LogP contribution in [0.15, 0.2) is 6.07 Å². The fourth-order valence-corrected chi connectivity index (χ4v) is 1.06. The van der Waals surface area contributed by atoms with Crippen LogP contribution >= 0.6 is 11.6 Å². The molecule has 0 aromatic carbocycles. The Balaban J connectivity index is 3.01. The predicted molar refractivity (Wildman–Crippen MR) is 52.5 cm³/mol. The Labute approximate surface area is 86.4 Å². The van der Waals surface area contributed by atoms with E-state index in [4.69, 9.17) is 16.3 Å². The van der Waals surface area contributed by atoms with Gasteiger partial charge in [-0.1, -0.05) is 11.6 Å². The van der Waals surface area contributed by atoms with Crippen molar-refractivity contribution in [3.8, 4) is 0 Å². The molecule has 0 saturated heterocycles. The second-order valence-corrected chi connectivity index (χ2v) is 2.79. The SMILES string of the molecule is CCOC(=O)c1nnc(Cl)cc1NC. The van der Waals surface area contributed by atoms with Gasteiger partial charge in [0, 0.05) is 13.1 Å². The van der Waals surface area contributed by atoms with Gasteiger partial charge in [-0.05, 0) is 6.92 Å². The first-order chi connectivity index (χ1) is 6.69. The standard InChI is InChI=1S/C8H10ClN3O2/c1-3-14-8(13)7-5(10-2)4-6(9)11-12-7/h4H,3H2,1-2H3,(H,10,11). The number of hydrogen-bond donors (Lipinski definition) is 1. The van der Waals surface area contributed by atoms with Crippen LogP contribution in [0, 0.1) is 0 Å². The summed E-state index contributed by atoms with van der Waals surface area (Å²) in [5.74, 6) is -0.513. The first-order valence-electron chi connectivity index (χ1n) is 4.07. The number of esters is 1. The van der Waals surface area contributed by atoms with Crippen LogP contribution in [-0.4, -0.2) is 29.8 Å². The van der Waals surface area contributed by atoms with Gasteiger partial charge in [-0.2, -0.15) is 0 Å². The molecule has 0 radical (unpaired) electrons. The minimum atomic E-state index is -0.513. The van der Waals surface area contributed by atoms with Gasteiger partial charge in [-0.15, -0.1) is 10.2 Å². The number of carbonyl (C=O) groups excluding carboxylic acids is 1. The highest BCUT2D eigenvalue weighted by molar-refractivity contribution is 6.29. The lowest BCUT2D eigenvalue weighted by Gasteiger charge is -2.05. The van der Waals surface area contributed by atoms with Gasteiger partial charge >= 0.3 is 5.97 Å². The van der Waals surface area contributed by atoms with Crippen molar-refractivity contribution < 1.29 is 9.53 Å². The molecular formula is C8H10ClN3O2. The van der Waals surface area contributed by atoms with Crippen molar-refractivity contribution in [2.45, 2.75) is 6.92 Å². The maximum Gasteiger partial charge on any atom is 0.361 e.